The van der Waals surface area contributed by atoms with Crippen LogP contribution in [0.3, 0.4) is 0 Å². The average Bonchev–Trinajstić information content (AvgIpc) is 2.60. The maximum atomic E-state index is 11.1. The fraction of sp³-hybridized carbons (Fsp3) is 0.462. The number of carboxylic acid groups (broad SMARTS) is 1. The molecule has 3 nitrogen and oxygen atoms in total. The number of ether oxygens (including phenoxy) is 1. The van der Waals surface area contributed by atoms with Crippen LogP contribution in [0.2, 0.25) is 0 Å². The van der Waals surface area contributed by atoms with Gasteiger partial charge >= 0.3 is 5.97 Å². The van der Waals surface area contributed by atoms with Gasteiger partial charge in [-0.25, -0.2) is 0 Å². The number of aliphatic carboxylic acids is 1. The van der Waals surface area contributed by atoms with E-state index >= 15 is 0 Å². The molecule has 0 spiro atoms. The highest BCUT2D eigenvalue weighted by Crippen LogP contribution is 2.37. The maximum Gasteiger partial charge on any atom is 0.313 e. The zero-order chi connectivity index (χ0) is 11.9. The van der Waals surface area contributed by atoms with Crippen molar-refractivity contribution < 1.29 is 14.6 Å². The van der Waals surface area contributed by atoms with E-state index < -0.39 is 11.4 Å². The summed E-state index contributed by atoms with van der Waals surface area (Å²) >= 11 is 0. The third kappa shape index (κ3) is 1.56. The minimum absolute atomic E-state index is 0.400. The van der Waals surface area contributed by atoms with Crippen LogP contribution in [0.25, 0.3) is 0 Å². The molecule has 1 aliphatic rings. The number of carbonyl (C=O) groups is 1. The Balaban J connectivity index is 2.43. The van der Waals surface area contributed by atoms with Crippen molar-refractivity contribution in [2.24, 2.45) is 0 Å². The third-order valence-electron chi connectivity index (χ3n) is 3.29. The maximum absolute atomic E-state index is 11.1. The molecule has 1 aromatic carbocycles. The molecule has 2 rings (SSSR count). The van der Waals surface area contributed by atoms with Crippen molar-refractivity contribution in [1.82, 2.24) is 0 Å². The van der Waals surface area contributed by atoms with E-state index in [4.69, 9.17) is 9.84 Å². The highest BCUT2D eigenvalue weighted by molar-refractivity contribution is 5.80. The summed E-state index contributed by atoms with van der Waals surface area (Å²) in [5, 5.41) is 9.15. The van der Waals surface area contributed by atoms with E-state index in [9.17, 15) is 4.79 Å². The second-order valence-corrected chi connectivity index (χ2v) is 4.89. The first-order chi connectivity index (χ1) is 7.43. The van der Waals surface area contributed by atoms with Crippen molar-refractivity contribution in [1.29, 1.82) is 0 Å². The number of rotatable bonds is 2. The number of fused-ring (bicyclic) bond motifs is 1. The molecule has 0 bridgehead atoms. The Kier molecular flexibility index (Phi) is 2.41. The minimum Gasteiger partial charge on any atom is -0.493 e. The first-order valence-corrected chi connectivity index (χ1v) is 5.43. The van der Waals surface area contributed by atoms with Crippen molar-refractivity contribution in [2.45, 2.75) is 32.1 Å². The molecule has 1 aromatic rings. The van der Waals surface area contributed by atoms with Crippen LogP contribution < -0.4 is 4.74 Å². The highest BCUT2D eigenvalue weighted by Gasteiger charge is 2.31. The fourth-order valence-electron chi connectivity index (χ4n) is 1.88. The Labute approximate surface area is 95.0 Å². The Morgan fingerprint density at radius 3 is 2.81 bits per heavy atom. The molecule has 0 aliphatic carbocycles. The van der Waals surface area contributed by atoms with Crippen LogP contribution in [0.15, 0.2) is 18.2 Å². The smallest absolute Gasteiger partial charge is 0.313 e. The molecule has 3 heteroatoms. The molecule has 1 unspecified atom stereocenters. The van der Waals surface area contributed by atoms with E-state index in [1.807, 2.05) is 18.2 Å². The summed E-state index contributed by atoms with van der Waals surface area (Å²) in [5.41, 5.74) is 1.09. The molecule has 0 saturated carbocycles. The fourth-order valence-corrected chi connectivity index (χ4v) is 1.88. The Morgan fingerprint density at radius 1 is 1.50 bits per heavy atom. The quantitative estimate of drug-likeness (QED) is 0.833. The first kappa shape index (κ1) is 11.0. The summed E-state index contributed by atoms with van der Waals surface area (Å²) in [5.74, 6) is 0.412. The van der Waals surface area contributed by atoms with Gasteiger partial charge in [-0.05, 0) is 25.5 Å². The molecule has 0 saturated heterocycles. The van der Waals surface area contributed by atoms with E-state index in [1.165, 1.54) is 5.56 Å². The predicted octanol–water partition coefficient (Wildman–Crippen LogP) is 2.54. The molecule has 0 fully saturated rings. The molecule has 0 radical (unpaired) electrons. The Morgan fingerprint density at radius 2 is 2.19 bits per heavy atom. The largest absolute Gasteiger partial charge is 0.493 e. The second kappa shape index (κ2) is 3.51. The SMILES string of the molecule is CC1COc2cc(C(C)(C)C(=O)O)ccc21. The summed E-state index contributed by atoms with van der Waals surface area (Å²) in [4.78, 5) is 11.1. The lowest BCUT2D eigenvalue weighted by molar-refractivity contribution is -0.142. The van der Waals surface area contributed by atoms with Gasteiger partial charge in [-0.2, -0.15) is 0 Å². The zero-order valence-electron chi connectivity index (χ0n) is 9.78. The van der Waals surface area contributed by atoms with Crippen molar-refractivity contribution >= 4 is 5.97 Å². The van der Waals surface area contributed by atoms with E-state index in [0.29, 0.717) is 12.5 Å². The molecule has 0 amide bonds. The van der Waals surface area contributed by atoms with Gasteiger partial charge in [0, 0.05) is 11.5 Å². The lowest BCUT2D eigenvalue weighted by Gasteiger charge is -2.20. The molecule has 1 heterocycles. The molecule has 1 atom stereocenters. The van der Waals surface area contributed by atoms with Crippen molar-refractivity contribution in [3.63, 3.8) is 0 Å². The van der Waals surface area contributed by atoms with Gasteiger partial charge in [0.05, 0.1) is 12.0 Å². The lowest BCUT2D eigenvalue weighted by atomic mass is 9.84. The van der Waals surface area contributed by atoms with Gasteiger partial charge in [-0.1, -0.05) is 19.1 Å². The minimum atomic E-state index is -0.871. The second-order valence-electron chi connectivity index (χ2n) is 4.89. The first-order valence-electron chi connectivity index (χ1n) is 5.43. The molecule has 16 heavy (non-hydrogen) atoms. The van der Waals surface area contributed by atoms with E-state index in [-0.39, 0.29) is 0 Å². The van der Waals surface area contributed by atoms with Gasteiger partial charge in [0.15, 0.2) is 0 Å². The summed E-state index contributed by atoms with van der Waals surface area (Å²) < 4.78 is 5.53. The van der Waals surface area contributed by atoms with Gasteiger partial charge in [0.25, 0.3) is 0 Å². The normalized spacial score (nSPS) is 19.1. The molecule has 0 aromatic heterocycles. The van der Waals surface area contributed by atoms with Crippen molar-refractivity contribution in [3.8, 4) is 5.75 Å². The van der Waals surface area contributed by atoms with Gasteiger partial charge in [0.2, 0.25) is 0 Å². The van der Waals surface area contributed by atoms with Crippen LogP contribution in [0.5, 0.6) is 5.75 Å². The van der Waals surface area contributed by atoms with Gasteiger partial charge in [-0.15, -0.1) is 0 Å². The summed E-state index contributed by atoms with van der Waals surface area (Å²) in [6.45, 7) is 6.20. The van der Waals surface area contributed by atoms with Gasteiger partial charge in [0.1, 0.15) is 5.75 Å². The van der Waals surface area contributed by atoms with E-state index in [1.54, 1.807) is 13.8 Å². The van der Waals surface area contributed by atoms with Gasteiger partial charge < -0.3 is 9.84 Å². The Bertz CT molecular complexity index is 435. The summed E-state index contributed by atoms with van der Waals surface area (Å²) in [7, 11) is 0. The van der Waals surface area contributed by atoms with Crippen molar-refractivity contribution in [3.05, 3.63) is 29.3 Å². The summed E-state index contributed by atoms with van der Waals surface area (Å²) in [6, 6.07) is 5.72. The van der Waals surface area contributed by atoms with Crippen LogP contribution >= 0.6 is 0 Å². The molecule has 1 N–H and O–H groups in total. The number of carboxylic acids is 1. The highest BCUT2D eigenvalue weighted by atomic mass is 16.5. The van der Waals surface area contributed by atoms with Crippen LogP contribution in [0.4, 0.5) is 0 Å². The molecule has 86 valence electrons. The molecule has 1 aliphatic heterocycles. The van der Waals surface area contributed by atoms with Crippen LogP contribution in [0.1, 0.15) is 37.8 Å². The standard InChI is InChI=1S/C13H16O3/c1-8-7-16-11-6-9(4-5-10(8)11)13(2,3)12(14)15/h4-6,8H,7H2,1-3H3,(H,14,15). The molecular weight excluding hydrogens is 204 g/mol. The van der Waals surface area contributed by atoms with E-state index in [0.717, 1.165) is 11.3 Å². The molecular formula is C13H16O3. The summed E-state index contributed by atoms with van der Waals surface area (Å²) in [6.07, 6.45) is 0. The Hall–Kier alpha value is -1.51. The van der Waals surface area contributed by atoms with Crippen LogP contribution in [0, 0.1) is 0 Å². The van der Waals surface area contributed by atoms with Crippen LogP contribution in [-0.2, 0) is 10.2 Å². The average molecular weight is 220 g/mol. The topological polar surface area (TPSA) is 46.5 Å². The number of benzene rings is 1. The van der Waals surface area contributed by atoms with E-state index in [2.05, 4.69) is 6.92 Å². The number of hydrogen-bond donors (Lipinski definition) is 1. The predicted molar refractivity (Wildman–Crippen MR) is 61.0 cm³/mol. The number of hydrogen-bond acceptors (Lipinski definition) is 2. The van der Waals surface area contributed by atoms with Gasteiger partial charge in [-0.3, -0.25) is 4.79 Å². The zero-order valence-corrected chi connectivity index (χ0v) is 9.78. The van der Waals surface area contributed by atoms with Crippen molar-refractivity contribution in [2.75, 3.05) is 6.61 Å². The lowest BCUT2D eigenvalue weighted by Crippen LogP contribution is -2.28. The monoisotopic (exact) mass is 220 g/mol. The third-order valence-corrected chi connectivity index (χ3v) is 3.29. The van der Waals surface area contributed by atoms with Crippen LogP contribution in [-0.4, -0.2) is 17.7 Å².